The van der Waals surface area contributed by atoms with Crippen molar-refractivity contribution in [1.82, 2.24) is 0 Å². The van der Waals surface area contributed by atoms with E-state index in [1.807, 2.05) is 26.0 Å². The van der Waals surface area contributed by atoms with Crippen molar-refractivity contribution in [3.05, 3.63) is 53.1 Å². The van der Waals surface area contributed by atoms with Crippen LogP contribution in [-0.2, 0) is 0 Å². The lowest BCUT2D eigenvalue weighted by atomic mass is 10.2. The Bertz CT molecular complexity index is 619. The molecule has 0 aromatic heterocycles. The fraction of sp³-hybridized carbons (Fsp3) is 0.188. The summed E-state index contributed by atoms with van der Waals surface area (Å²) >= 11 is 5.89. The molecule has 2 aromatic carbocycles. The Labute approximate surface area is 128 Å². The molecule has 0 aliphatic heterocycles. The highest BCUT2D eigenvalue weighted by Crippen LogP contribution is 2.20. The van der Waals surface area contributed by atoms with Crippen LogP contribution in [0.1, 0.15) is 24.2 Å². The summed E-state index contributed by atoms with van der Waals surface area (Å²) in [7, 11) is 0. The van der Waals surface area contributed by atoms with Gasteiger partial charge >= 0.3 is 0 Å². The van der Waals surface area contributed by atoms with Crippen molar-refractivity contribution in [2.45, 2.75) is 20.0 Å². The third-order valence-corrected chi connectivity index (χ3v) is 2.88. The van der Waals surface area contributed by atoms with E-state index in [2.05, 4.69) is 5.32 Å². The monoisotopic (exact) mass is 304 g/mol. The van der Waals surface area contributed by atoms with Crippen molar-refractivity contribution < 1.29 is 9.53 Å². The largest absolute Gasteiger partial charge is 0.491 e. The van der Waals surface area contributed by atoms with E-state index in [0.717, 1.165) is 5.75 Å². The minimum absolute atomic E-state index is 0.111. The molecule has 0 aliphatic carbocycles. The van der Waals surface area contributed by atoms with Gasteiger partial charge in [0.05, 0.1) is 6.10 Å². The molecule has 21 heavy (non-hydrogen) atoms. The predicted molar refractivity (Wildman–Crippen MR) is 86.0 cm³/mol. The second-order valence-electron chi connectivity index (χ2n) is 4.92. The summed E-state index contributed by atoms with van der Waals surface area (Å²) in [6, 6.07) is 11.9. The molecule has 0 heterocycles. The Morgan fingerprint density at radius 2 is 1.86 bits per heavy atom. The maximum Gasteiger partial charge on any atom is 0.255 e. The number of benzene rings is 2. The zero-order valence-electron chi connectivity index (χ0n) is 11.9. The number of carbonyl (C=O) groups is 1. The highest BCUT2D eigenvalue weighted by molar-refractivity contribution is 6.31. The van der Waals surface area contributed by atoms with Gasteiger partial charge in [0.25, 0.3) is 5.91 Å². The third-order valence-electron chi connectivity index (χ3n) is 2.67. The number of ether oxygens (including phenoxy) is 1. The molecule has 0 spiro atoms. The molecule has 0 saturated heterocycles. The summed E-state index contributed by atoms with van der Waals surface area (Å²) < 4.78 is 5.54. The molecule has 3 N–H and O–H groups in total. The van der Waals surface area contributed by atoms with Crippen molar-refractivity contribution in [3.63, 3.8) is 0 Å². The molecule has 0 unspecified atom stereocenters. The Balaban J connectivity index is 2.08. The first-order valence-corrected chi connectivity index (χ1v) is 6.96. The van der Waals surface area contributed by atoms with E-state index < -0.39 is 0 Å². The Kier molecular flexibility index (Phi) is 4.70. The number of halogens is 1. The zero-order chi connectivity index (χ0) is 15.4. The van der Waals surface area contributed by atoms with Crippen LogP contribution in [0, 0.1) is 0 Å². The first-order chi connectivity index (χ1) is 9.94. The first kappa shape index (κ1) is 15.2. The molecule has 4 nitrogen and oxygen atoms in total. The number of carbonyl (C=O) groups excluding carboxylic acids is 1. The van der Waals surface area contributed by atoms with Gasteiger partial charge in [-0.05, 0) is 56.3 Å². The molecule has 5 heteroatoms. The molecule has 0 saturated carbocycles. The van der Waals surface area contributed by atoms with E-state index in [0.29, 0.717) is 22.0 Å². The number of rotatable bonds is 4. The van der Waals surface area contributed by atoms with Gasteiger partial charge < -0.3 is 15.8 Å². The smallest absolute Gasteiger partial charge is 0.255 e. The molecule has 0 bridgehead atoms. The molecular weight excluding hydrogens is 288 g/mol. The number of amides is 1. The van der Waals surface area contributed by atoms with Gasteiger partial charge in [-0.25, -0.2) is 0 Å². The summed E-state index contributed by atoms with van der Waals surface area (Å²) in [4.78, 5) is 12.1. The van der Waals surface area contributed by atoms with Crippen LogP contribution in [0.15, 0.2) is 42.5 Å². The minimum atomic E-state index is -0.262. The highest BCUT2D eigenvalue weighted by atomic mass is 35.5. The fourth-order valence-electron chi connectivity index (χ4n) is 1.84. The second-order valence-corrected chi connectivity index (χ2v) is 5.35. The molecule has 0 radical (unpaired) electrons. The molecule has 110 valence electrons. The summed E-state index contributed by atoms with van der Waals surface area (Å²) in [5.74, 6) is 0.497. The van der Waals surface area contributed by atoms with Gasteiger partial charge in [-0.2, -0.15) is 0 Å². The van der Waals surface area contributed by atoms with Crippen LogP contribution in [0.3, 0.4) is 0 Å². The number of nitrogens with two attached hydrogens (primary N) is 1. The number of hydrogen-bond donors (Lipinski definition) is 2. The molecule has 0 fully saturated rings. The van der Waals surface area contributed by atoms with Gasteiger partial charge in [-0.3, -0.25) is 4.79 Å². The van der Waals surface area contributed by atoms with Crippen LogP contribution in [0.5, 0.6) is 5.75 Å². The lowest BCUT2D eigenvalue weighted by Crippen LogP contribution is -2.12. The van der Waals surface area contributed by atoms with E-state index in [9.17, 15) is 4.79 Å². The van der Waals surface area contributed by atoms with Gasteiger partial charge in [0.15, 0.2) is 0 Å². The number of hydrogen-bond acceptors (Lipinski definition) is 3. The SMILES string of the molecule is CC(C)Oc1ccc(NC(=O)c2cc(N)cc(Cl)c2)cc1. The summed E-state index contributed by atoms with van der Waals surface area (Å²) in [5, 5.41) is 3.22. The lowest BCUT2D eigenvalue weighted by Gasteiger charge is -2.11. The lowest BCUT2D eigenvalue weighted by molar-refractivity contribution is 0.102. The average Bonchev–Trinajstić information content (AvgIpc) is 2.39. The summed E-state index contributed by atoms with van der Waals surface area (Å²) in [6.45, 7) is 3.92. The van der Waals surface area contributed by atoms with Crippen LogP contribution in [0.4, 0.5) is 11.4 Å². The van der Waals surface area contributed by atoms with E-state index in [4.69, 9.17) is 22.1 Å². The standard InChI is InChI=1S/C16H17ClN2O2/c1-10(2)21-15-5-3-14(4-6-15)19-16(20)11-7-12(17)9-13(18)8-11/h3-10H,18H2,1-2H3,(H,19,20). The maximum absolute atomic E-state index is 12.1. The fourth-order valence-corrected chi connectivity index (χ4v) is 2.08. The first-order valence-electron chi connectivity index (χ1n) is 6.58. The van der Waals surface area contributed by atoms with Crippen molar-refractivity contribution in [2.75, 3.05) is 11.1 Å². The molecule has 0 aliphatic rings. The predicted octanol–water partition coefficient (Wildman–Crippen LogP) is 3.96. The van der Waals surface area contributed by atoms with Crippen molar-refractivity contribution in [2.24, 2.45) is 0 Å². The normalized spacial score (nSPS) is 10.5. The van der Waals surface area contributed by atoms with Crippen LogP contribution < -0.4 is 15.8 Å². The van der Waals surface area contributed by atoms with Crippen LogP contribution in [0.2, 0.25) is 5.02 Å². The van der Waals surface area contributed by atoms with Gasteiger partial charge in [0.2, 0.25) is 0 Å². The number of nitrogens with one attached hydrogen (secondary N) is 1. The van der Waals surface area contributed by atoms with Gasteiger partial charge in [0.1, 0.15) is 5.75 Å². The second kappa shape index (κ2) is 6.50. The Morgan fingerprint density at radius 1 is 1.19 bits per heavy atom. The van der Waals surface area contributed by atoms with Gasteiger partial charge in [0, 0.05) is 22.0 Å². The van der Waals surface area contributed by atoms with Gasteiger partial charge in [-0.15, -0.1) is 0 Å². The Hall–Kier alpha value is -2.20. The number of nitrogen functional groups attached to an aromatic ring is 1. The molecular formula is C16H17ClN2O2. The van der Waals surface area contributed by atoms with E-state index in [1.54, 1.807) is 30.3 Å². The quantitative estimate of drug-likeness (QED) is 0.840. The van der Waals surface area contributed by atoms with E-state index in [1.165, 1.54) is 0 Å². The zero-order valence-corrected chi connectivity index (χ0v) is 12.6. The minimum Gasteiger partial charge on any atom is -0.491 e. The number of anilines is 2. The van der Waals surface area contributed by atoms with E-state index >= 15 is 0 Å². The van der Waals surface area contributed by atoms with Crippen molar-refractivity contribution >= 4 is 28.9 Å². The van der Waals surface area contributed by atoms with Gasteiger partial charge in [-0.1, -0.05) is 11.6 Å². The third kappa shape index (κ3) is 4.39. The average molecular weight is 305 g/mol. The highest BCUT2D eigenvalue weighted by Gasteiger charge is 2.08. The Morgan fingerprint density at radius 3 is 2.43 bits per heavy atom. The maximum atomic E-state index is 12.1. The molecule has 2 aromatic rings. The van der Waals surface area contributed by atoms with Crippen molar-refractivity contribution in [1.29, 1.82) is 0 Å². The summed E-state index contributed by atoms with van der Waals surface area (Å²) in [5.41, 5.74) is 7.22. The van der Waals surface area contributed by atoms with E-state index in [-0.39, 0.29) is 12.0 Å². The topological polar surface area (TPSA) is 64.3 Å². The van der Waals surface area contributed by atoms with Crippen LogP contribution >= 0.6 is 11.6 Å². The summed E-state index contributed by atoms with van der Waals surface area (Å²) in [6.07, 6.45) is 0.111. The molecule has 2 rings (SSSR count). The van der Waals surface area contributed by atoms with Crippen molar-refractivity contribution in [3.8, 4) is 5.75 Å². The molecule has 0 atom stereocenters. The van der Waals surface area contributed by atoms with Crippen LogP contribution in [-0.4, -0.2) is 12.0 Å². The molecule has 1 amide bonds. The van der Waals surface area contributed by atoms with Crippen LogP contribution in [0.25, 0.3) is 0 Å².